The van der Waals surface area contributed by atoms with Gasteiger partial charge in [-0.2, -0.15) is 0 Å². The molecule has 2 rings (SSSR count). The fraction of sp³-hybridized carbons (Fsp3) is 0.500. The minimum Gasteiger partial charge on any atom is -0.391 e. The summed E-state index contributed by atoms with van der Waals surface area (Å²) in [5.74, 6) is 0. The maximum atomic E-state index is 11.9. The molecule has 1 aliphatic heterocycles. The summed E-state index contributed by atoms with van der Waals surface area (Å²) in [7, 11) is -2.07. The molecular formula is C12H18N2O3S. The SMILES string of the molecule is CNS(=O)(=O)c1ccccc1N1CCC[C@H](O)C1. The largest absolute Gasteiger partial charge is 0.391 e. The number of anilines is 1. The van der Waals surface area contributed by atoms with Crippen molar-refractivity contribution in [2.45, 2.75) is 23.8 Å². The van der Waals surface area contributed by atoms with Gasteiger partial charge < -0.3 is 10.0 Å². The van der Waals surface area contributed by atoms with Crippen LogP contribution in [0, 0.1) is 0 Å². The molecular weight excluding hydrogens is 252 g/mol. The minimum absolute atomic E-state index is 0.265. The van der Waals surface area contributed by atoms with Crippen LogP contribution in [0.5, 0.6) is 0 Å². The normalized spacial score (nSPS) is 21.0. The molecule has 1 aromatic carbocycles. The molecule has 2 N–H and O–H groups in total. The molecule has 0 saturated carbocycles. The molecule has 0 radical (unpaired) electrons. The predicted octanol–water partition coefficient (Wildman–Crippen LogP) is 0.556. The second-order valence-electron chi connectivity index (χ2n) is 4.42. The zero-order chi connectivity index (χ0) is 13.2. The average Bonchev–Trinajstić information content (AvgIpc) is 2.39. The molecule has 1 heterocycles. The van der Waals surface area contributed by atoms with E-state index in [4.69, 9.17) is 0 Å². The smallest absolute Gasteiger partial charge is 0.242 e. The third-order valence-corrected chi connectivity index (χ3v) is 4.62. The van der Waals surface area contributed by atoms with Crippen molar-refractivity contribution in [2.75, 3.05) is 25.0 Å². The monoisotopic (exact) mass is 270 g/mol. The van der Waals surface area contributed by atoms with E-state index in [0.717, 1.165) is 19.4 Å². The molecule has 1 aliphatic rings. The number of nitrogens with zero attached hydrogens (tertiary/aromatic N) is 1. The van der Waals surface area contributed by atoms with E-state index in [9.17, 15) is 13.5 Å². The van der Waals surface area contributed by atoms with Crippen molar-refractivity contribution in [1.29, 1.82) is 0 Å². The van der Waals surface area contributed by atoms with Gasteiger partial charge in [0.2, 0.25) is 10.0 Å². The lowest BCUT2D eigenvalue weighted by atomic mass is 10.1. The standard InChI is InChI=1S/C12H18N2O3S/c1-13-18(16,17)12-7-3-2-6-11(12)14-8-4-5-10(15)9-14/h2-3,6-7,10,13,15H,4-5,8-9H2,1H3/t10-/m0/s1. The highest BCUT2D eigenvalue weighted by Gasteiger charge is 2.24. The Morgan fingerprint density at radius 3 is 2.78 bits per heavy atom. The van der Waals surface area contributed by atoms with Crippen LogP contribution >= 0.6 is 0 Å². The Bertz CT molecular complexity index is 516. The number of aliphatic hydroxyl groups is 1. The van der Waals surface area contributed by atoms with Crippen LogP contribution in [0.3, 0.4) is 0 Å². The molecule has 18 heavy (non-hydrogen) atoms. The zero-order valence-corrected chi connectivity index (χ0v) is 11.2. The molecule has 0 spiro atoms. The summed E-state index contributed by atoms with van der Waals surface area (Å²) in [5.41, 5.74) is 0.658. The molecule has 1 aromatic rings. The van der Waals surface area contributed by atoms with Crippen molar-refractivity contribution >= 4 is 15.7 Å². The van der Waals surface area contributed by atoms with E-state index in [-0.39, 0.29) is 11.0 Å². The number of sulfonamides is 1. The Kier molecular flexibility index (Phi) is 3.89. The van der Waals surface area contributed by atoms with Crippen LogP contribution in [0.15, 0.2) is 29.2 Å². The van der Waals surface area contributed by atoms with E-state index < -0.39 is 10.0 Å². The van der Waals surface area contributed by atoms with Gasteiger partial charge in [0.1, 0.15) is 4.90 Å². The van der Waals surface area contributed by atoms with E-state index in [1.807, 2.05) is 11.0 Å². The number of para-hydroxylation sites is 1. The molecule has 1 atom stereocenters. The van der Waals surface area contributed by atoms with Gasteiger partial charge in [-0.05, 0) is 32.0 Å². The Morgan fingerprint density at radius 1 is 1.39 bits per heavy atom. The summed E-state index contributed by atoms with van der Waals surface area (Å²) in [4.78, 5) is 2.19. The molecule has 0 aromatic heterocycles. The van der Waals surface area contributed by atoms with E-state index in [1.54, 1.807) is 18.2 Å². The van der Waals surface area contributed by atoms with Gasteiger partial charge in [-0.25, -0.2) is 13.1 Å². The van der Waals surface area contributed by atoms with Gasteiger partial charge in [0.05, 0.1) is 11.8 Å². The van der Waals surface area contributed by atoms with Crippen molar-refractivity contribution in [3.63, 3.8) is 0 Å². The number of aliphatic hydroxyl groups excluding tert-OH is 1. The van der Waals surface area contributed by atoms with Crippen molar-refractivity contribution in [2.24, 2.45) is 0 Å². The number of hydrogen-bond donors (Lipinski definition) is 2. The van der Waals surface area contributed by atoms with Crippen LogP contribution in [0.2, 0.25) is 0 Å². The van der Waals surface area contributed by atoms with Crippen molar-refractivity contribution in [3.05, 3.63) is 24.3 Å². The van der Waals surface area contributed by atoms with Gasteiger partial charge in [0.25, 0.3) is 0 Å². The third kappa shape index (κ3) is 2.66. The van der Waals surface area contributed by atoms with Crippen LogP contribution in [0.4, 0.5) is 5.69 Å². The molecule has 0 aliphatic carbocycles. The average molecular weight is 270 g/mol. The first-order chi connectivity index (χ1) is 8.54. The van der Waals surface area contributed by atoms with Crippen LogP contribution < -0.4 is 9.62 Å². The summed E-state index contributed by atoms with van der Waals surface area (Å²) in [5, 5.41) is 9.69. The highest BCUT2D eigenvalue weighted by molar-refractivity contribution is 7.89. The highest BCUT2D eigenvalue weighted by Crippen LogP contribution is 2.27. The summed E-state index contributed by atoms with van der Waals surface area (Å²) in [6.07, 6.45) is 1.26. The van der Waals surface area contributed by atoms with Gasteiger partial charge in [-0.15, -0.1) is 0 Å². The van der Waals surface area contributed by atoms with Gasteiger partial charge in [-0.1, -0.05) is 12.1 Å². The predicted molar refractivity (Wildman–Crippen MR) is 70.1 cm³/mol. The van der Waals surface area contributed by atoms with E-state index in [1.165, 1.54) is 7.05 Å². The Hall–Kier alpha value is -1.11. The first-order valence-corrected chi connectivity index (χ1v) is 7.48. The molecule has 6 heteroatoms. The van der Waals surface area contributed by atoms with Crippen LogP contribution in [0.25, 0.3) is 0 Å². The summed E-state index contributed by atoms with van der Waals surface area (Å²) in [6.45, 7) is 1.25. The summed E-state index contributed by atoms with van der Waals surface area (Å²) in [6, 6.07) is 6.88. The van der Waals surface area contributed by atoms with Crippen LogP contribution in [-0.2, 0) is 10.0 Å². The van der Waals surface area contributed by atoms with Gasteiger partial charge in [0.15, 0.2) is 0 Å². The second-order valence-corrected chi connectivity index (χ2v) is 6.27. The number of hydrogen-bond acceptors (Lipinski definition) is 4. The number of β-amino-alcohol motifs (C(OH)–C–C–N with tert-alkyl or cyclic N) is 1. The molecule has 5 nitrogen and oxygen atoms in total. The lowest BCUT2D eigenvalue weighted by Gasteiger charge is -2.33. The number of rotatable bonds is 3. The number of nitrogens with one attached hydrogen (secondary N) is 1. The zero-order valence-electron chi connectivity index (χ0n) is 10.3. The van der Waals surface area contributed by atoms with Crippen molar-refractivity contribution in [3.8, 4) is 0 Å². The molecule has 0 unspecified atom stereocenters. The van der Waals surface area contributed by atoms with E-state index >= 15 is 0 Å². The maximum absolute atomic E-state index is 11.9. The third-order valence-electron chi connectivity index (χ3n) is 3.16. The lowest BCUT2D eigenvalue weighted by molar-refractivity contribution is 0.154. The number of piperidine rings is 1. The quantitative estimate of drug-likeness (QED) is 0.842. The topological polar surface area (TPSA) is 69.6 Å². The van der Waals surface area contributed by atoms with Gasteiger partial charge in [0, 0.05) is 13.1 Å². The number of benzene rings is 1. The fourth-order valence-electron chi connectivity index (χ4n) is 2.23. The molecule has 1 saturated heterocycles. The molecule has 1 fully saturated rings. The van der Waals surface area contributed by atoms with Crippen LogP contribution in [0.1, 0.15) is 12.8 Å². The van der Waals surface area contributed by atoms with Crippen LogP contribution in [-0.4, -0.2) is 39.8 Å². The first kappa shape index (κ1) is 13.3. The summed E-state index contributed by atoms with van der Waals surface area (Å²) < 4.78 is 26.2. The summed E-state index contributed by atoms with van der Waals surface area (Å²) >= 11 is 0. The van der Waals surface area contributed by atoms with Crippen molar-refractivity contribution < 1.29 is 13.5 Å². The lowest BCUT2D eigenvalue weighted by Crippen LogP contribution is -2.39. The highest BCUT2D eigenvalue weighted by atomic mass is 32.2. The molecule has 0 bridgehead atoms. The van der Waals surface area contributed by atoms with Gasteiger partial charge in [-0.3, -0.25) is 0 Å². The molecule has 0 amide bonds. The Labute approximate surface area is 107 Å². The van der Waals surface area contributed by atoms with Crippen molar-refractivity contribution in [1.82, 2.24) is 4.72 Å². The Morgan fingerprint density at radius 2 is 2.11 bits per heavy atom. The first-order valence-electron chi connectivity index (χ1n) is 6.00. The van der Waals surface area contributed by atoms with E-state index in [0.29, 0.717) is 12.2 Å². The maximum Gasteiger partial charge on any atom is 0.242 e. The van der Waals surface area contributed by atoms with Gasteiger partial charge >= 0.3 is 0 Å². The Balaban J connectivity index is 2.39. The fourth-order valence-corrected chi connectivity index (χ4v) is 3.18. The van der Waals surface area contributed by atoms with E-state index in [2.05, 4.69) is 4.72 Å². The molecule has 100 valence electrons. The second kappa shape index (κ2) is 5.26. The minimum atomic E-state index is -3.47.